The summed E-state index contributed by atoms with van der Waals surface area (Å²) in [5.74, 6) is -0.808. The molecule has 224 valence electrons. The average molecular weight is 600 g/mol. The van der Waals surface area contributed by atoms with Gasteiger partial charge in [0, 0.05) is 30.4 Å². The minimum absolute atomic E-state index is 0.0250. The summed E-state index contributed by atoms with van der Waals surface area (Å²) in [6.45, 7) is 6.98. The number of nitrogens with zero attached hydrogens (tertiary/aromatic N) is 1. The van der Waals surface area contributed by atoms with Gasteiger partial charge in [0.1, 0.15) is 0 Å². The van der Waals surface area contributed by atoms with E-state index in [9.17, 15) is 18.0 Å². The number of anilines is 2. The van der Waals surface area contributed by atoms with E-state index in [1.165, 1.54) is 11.4 Å². The Kier molecular flexibility index (Phi) is 8.57. The van der Waals surface area contributed by atoms with Crippen LogP contribution in [0.5, 0.6) is 0 Å². The molecule has 1 amide bonds. The van der Waals surface area contributed by atoms with Crippen molar-refractivity contribution in [3.05, 3.63) is 102 Å². The molecule has 1 heterocycles. The van der Waals surface area contributed by atoms with Crippen LogP contribution < -0.4 is 10.6 Å². The molecule has 9 heteroatoms. The highest BCUT2D eigenvalue weighted by Gasteiger charge is 2.31. The number of amides is 1. The van der Waals surface area contributed by atoms with Crippen molar-refractivity contribution in [3.63, 3.8) is 0 Å². The molecule has 0 radical (unpaired) electrons. The molecule has 1 aliphatic rings. The lowest BCUT2D eigenvalue weighted by Gasteiger charge is -2.33. The van der Waals surface area contributed by atoms with E-state index in [0.717, 1.165) is 16.3 Å². The van der Waals surface area contributed by atoms with Crippen molar-refractivity contribution >= 4 is 44.0 Å². The van der Waals surface area contributed by atoms with Crippen molar-refractivity contribution in [2.24, 2.45) is 0 Å². The van der Waals surface area contributed by atoms with E-state index in [-0.39, 0.29) is 28.8 Å². The Labute approximate surface area is 253 Å². The predicted molar refractivity (Wildman–Crippen MR) is 170 cm³/mol. The van der Waals surface area contributed by atoms with Gasteiger partial charge in [-0.25, -0.2) is 13.2 Å². The van der Waals surface area contributed by atoms with Crippen LogP contribution in [0.4, 0.5) is 11.4 Å². The Balaban J connectivity index is 1.35. The van der Waals surface area contributed by atoms with Gasteiger partial charge in [-0.05, 0) is 77.1 Å². The number of nitrogens with one attached hydrogen (secondary N) is 2. The molecule has 5 rings (SSSR count). The van der Waals surface area contributed by atoms with Gasteiger partial charge in [-0.3, -0.25) is 4.79 Å². The number of fused-ring (bicyclic) bond motifs is 1. The Hall–Kier alpha value is -4.21. The SMILES string of the molecule is COC(=O)c1ccc(NC(=O)c2ccc(C(C)(C)C)cc2)cc1NC1CCCN(S(=O)(=O)c2ccc3ccccc3c2)C1. The van der Waals surface area contributed by atoms with Crippen LogP contribution in [0.1, 0.15) is 59.9 Å². The first-order valence-corrected chi connectivity index (χ1v) is 15.8. The summed E-state index contributed by atoms with van der Waals surface area (Å²) >= 11 is 0. The number of methoxy groups -OCH3 is 1. The molecule has 0 aliphatic carbocycles. The van der Waals surface area contributed by atoms with E-state index in [1.54, 1.807) is 42.5 Å². The van der Waals surface area contributed by atoms with Gasteiger partial charge in [0.25, 0.3) is 5.91 Å². The lowest BCUT2D eigenvalue weighted by Crippen LogP contribution is -2.45. The molecule has 0 aromatic heterocycles. The summed E-state index contributed by atoms with van der Waals surface area (Å²) in [4.78, 5) is 25.9. The van der Waals surface area contributed by atoms with Crippen LogP contribution in [-0.2, 0) is 20.2 Å². The number of carbonyl (C=O) groups is 2. The number of hydrogen-bond acceptors (Lipinski definition) is 6. The van der Waals surface area contributed by atoms with E-state index >= 15 is 0 Å². The summed E-state index contributed by atoms with van der Waals surface area (Å²) in [6, 6.07) is 25.0. The molecule has 4 aromatic rings. The minimum Gasteiger partial charge on any atom is -0.465 e. The molecule has 1 atom stereocenters. The zero-order valence-corrected chi connectivity index (χ0v) is 25.7. The third-order valence-corrected chi connectivity index (χ3v) is 9.66. The number of rotatable bonds is 7. The molecule has 4 aromatic carbocycles. The molecule has 8 nitrogen and oxygen atoms in total. The number of sulfonamides is 1. The normalized spacial score (nSPS) is 16.0. The summed E-state index contributed by atoms with van der Waals surface area (Å²) in [6.07, 6.45) is 1.36. The van der Waals surface area contributed by atoms with Gasteiger partial charge in [0.15, 0.2) is 0 Å². The van der Waals surface area contributed by atoms with Crippen molar-refractivity contribution in [1.82, 2.24) is 4.31 Å². The highest BCUT2D eigenvalue weighted by Crippen LogP contribution is 2.29. The van der Waals surface area contributed by atoms with Crippen molar-refractivity contribution in [2.45, 2.75) is 50.0 Å². The zero-order chi connectivity index (χ0) is 30.8. The monoisotopic (exact) mass is 599 g/mol. The molecular formula is C34H37N3O5S. The fourth-order valence-corrected chi connectivity index (χ4v) is 6.89. The van der Waals surface area contributed by atoms with Crippen LogP contribution >= 0.6 is 0 Å². The second-order valence-corrected chi connectivity index (χ2v) is 13.8. The third-order valence-electron chi connectivity index (χ3n) is 7.80. The van der Waals surface area contributed by atoms with Crippen molar-refractivity contribution in [2.75, 3.05) is 30.8 Å². The fourth-order valence-electron chi connectivity index (χ4n) is 5.33. The van der Waals surface area contributed by atoms with E-state index in [1.807, 2.05) is 42.5 Å². The lowest BCUT2D eigenvalue weighted by molar-refractivity contribution is 0.0601. The molecule has 1 fully saturated rings. The number of hydrogen-bond donors (Lipinski definition) is 2. The average Bonchev–Trinajstić information content (AvgIpc) is 3.00. The molecule has 0 bridgehead atoms. The quantitative estimate of drug-likeness (QED) is 0.237. The summed E-state index contributed by atoms with van der Waals surface area (Å²) in [5, 5.41) is 8.12. The zero-order valence-electron chi connectivity index (χ0n) is 24.9. The highest BCUT2D eigenvalue weighted by molar-refractivity contribution is 7.89. The lowest BCUT2D eigenvalue weighted by atomic mass is 9.87. The van der Waals surface area contributed by atoms with Crippen LogP contribution in [0, 0.1) is 0 Å². The molecule has 0 saturated carbocycles. The second-order valence-electron chi connectivity index (χ2n) is 11.9. The predicted octanol–water partition coefficient (Wildman–Crippen LogP) is 6.44. The Morgan fingerprint density at radius 1 is 0.907 bits per heavy atom. The molecule has 43 heavy (non-hydrogen) atoms. The number of ether oxygens (including phenoxy) is 1. The highest BCUT2D eigenvalue weighted by atomic mass is 32.2. The van der Waals surface area contributed by atoms with Crippen LogP contribution in [0.25, 0.3) is 10.8 Å². The fraction of sp³-hybridized carbons (Fsp3) is 0.294. The van der Waals surface area contributed by atoms with Crippen molar-refractivity contribution in [3.8, 4) is 0 Å². The van der Waals surface area contributed by atoms with Gasteiger partial charge in [-0.15, -0.1) is 0 Å². The molecule has 2 N–H and O–H groups in total. The Morgan fingerprint density at radius 3 is 2.33 bits per heavy atom. The third kappa shape index (κ3) is 6.73. The van der Waals surface area contributed by atoms with Crippen LogP contribution in [-0.4, -0.2) is 50.8 Å². The Morgan fingerprint density at radius 2 is 1.63 bits per heavy atom. The van der Waals surface area contributed by atoms with E-state index < -0.39 is 16.0 Å². The van der Waals surface area contributed by atoms with Crippen molar-refractivity contribution in [1.29, 1.82) is 0 Å². The molecular weight excluding hydrogens is 562 g/mol. The van der Waals surface area contributed by atoms with Crippen LogP contribution in [0.2, 0.25) is 0 Å². The summed E-state index contributed by atoms with van der Waals surface area (Å²) in [5.41, 5.74) is 2.87. The molecule has 0 spiro atoms. The van der Waals surface area contributed by atoms with Crippen molar-refractivity contribution < 1.29 is 22.7 Å². The van der Waals surface area contributed by atoms with E-state index in [2.05, 4.69) is 31.4 Å². The van der Waals surface area contributed by atoms with Gasteiger partial charge < -0.3 is 15.4 Å². The van der Waals surface area contributed by atoms with E-state index in [4.69, 9.17) is 4.74 Å². The Bertz CT molecular complexity index is 1760. The smallest absolute Gasteiger partial charge is 0.339 e. The number of benzene rings is 4. The topological polar surface area (TPSA) is 105 Å². The maximum absolute atomic E-state index is 13.6. The number of piperidine rings is 1. The van der Waals surface area contributed by atoms with Gasteiger partial charge >= 0.3 is 5.97 Å². The van der Waals surface area contributed by atoms with Crippen LogP contribution in [0.15, 0.2) is 89.8 Å². The summed E-state index contributed by atoms with van der Waals surface area (Å²) in [7, 11) is -2.43. The van der Waals surface area contributed by atoms with Crippen LogP contribution in [0.3, 0.4) is 0 Å². The molecule has 1 unspecified atom stereocenters. The first-order chi connectivity index (χ1) is 20.5. The van der Waals surface area contributed by atoms with Gasteiger partial charge in [0.2, 0.25) is 10.0 Å². The number of carbonyl (C=O) groups excluding carboxylic acids is 2. The maximum atomic E-state index is 13.6. The van der Waals surface area contributed by atoms with Gasteiger partial charge in [-0.1, -0.05) is 63.2 Å². The maximum Gasteiger partial charge on any atom is 0.339 e. The van der Waals surface area contributed by atoms with Gasteiger partial charge in [-0.2, -0.15) is 4.31 Å². The minimum atomic E-state index is -3.73. The van der Waals surface area contributed by atoms with Gasteiger partial charge in [0.05, 0.1) is 23.3 Å². The van der Waals surface area contributed by atoms with E-state index in [0.29, 0.717) is 41.9 Å². The first kappa shape index (κ1) is 30.3. The first-order valence-electron chi connectivity index (χ1n) is 14.4. The summed E-state index contributed by atoms with van der Waals surface area (Å²) < 4.78 is 33.7. The standard InChI is InChI=1S/C34H37N3O5S/c1-34(2,3)26-14-11-24(12-15-26)32(38)36-27-16-18-30(33(39)42-4)31(21-27)35-28-10-7-19-37(22-28)43(40,41)29-17-13-23-8-5-6-9-25(23)20-29/h5-6,8-9,11-18,20-21,28,35H,7,10,19,22H2,1-4H3,(H,36,38). The largest absolute Gasteiger partial charge is 0.465 e. The molecule has 1 aliphatic heterocycles. The second kappa shape index (κ2) is 12.2. The number of esters is 1. The molecule has 1 saturated heterocycles.